The first kappa shape index (κ1) is 25.9. The van der Waals surface area contributed by atoms with E-state index >= 15 is 0 Å². The van der Waals surface area contributed by atoms with Crippen LogP contribution in [0.3, 0.4) is 0 Å². The second-order valence-electron chi connectivity index (χ2n) is 9.19. The van der Waals surface area contributed by atoms with Gasteiger partial charge in [0, 0.05) is 37.8 Å². The molecule has 0 unspecified atom stereocenters. The van der Waals surface area contributed by atoms with E-state index in [1.165, 1.54) is 24.3 Å². The molecule has 8 heteroatoms. The number of amides is 1. The van der Waals surface area contributed by atoms with Crippen LogP contribution in [0.25, 0.3) is 0 Å². The van der Waals surface area contributed by atoms with Gasteiger partial charge in [0.2, 0.25) is 10.0 Å². The van der Waals surface area contributed by atoms with Crippen molar-refractivity contribution in [1.29, 1.82) is 0 Å². The molecule has 1 aliphatic heterocycles. The second-order valence-corrected chi connectivity index (χ2v) is 10.9. The highest BCUT2D eigenvalue weighted by Gasteiger charge is 2.30. The SMILES string of the molecule is COc1ccc(C(=O)N2CCN(C(c3ccccc3)c3ccccc3)CC2)cc1S(=O)(=O)NC(C)C. The Morgan fingerprint density at radius 2 is 1.42 bits per heavy atom. The highest BCUT2D eigenvalue weighted by atomic mass is 32.2. The first-order valence-electron chi connectivity index (χ1n) is 12.1. The molecule has 1 saturated heterocycles. The zero-order valence-corrected chi connectivity index (χ0v) is 21.7. The Morgan fingerprint density at radius 1 is 0.861 bits per heavy atom. The van der Waals surface area contributed by atoms with Crippen LogP contribution < -0.4 is 9.46 Å². The van der Waals surface area contributed by atoms with E-state index in [-0.39, 0.29) is 28.6 Å². The first-order valence-corrected chi connectivity index (χ1v) is 13.6. The maximum Gasteiger partial charge on any atom is 0.253 e. The number of carbonyl (C=O) groups is 1. The second kappa shape index (κ2) is 11.2. The third kappa shape index (κ3) is 5.78. The number of methoxy groups -OCH3 is 1. The van der Waals surface area contributed by atoms with Crippen molar-refractivity contribution in [3.05, 3.63) is 95.6 Å². The van der Waals surface area contributed by atoms with Gasteiger partial charge in [0.1, 0.15) is 10.6 Å². The Labute approximate surface area is 213 Å². The number of sulfonamides is 1. The quantitative estimate of drug-likeness (QED) is 0.500. The maximum absolute atomic E-state index is 13.4. The number of rotatable bonds is 8. The van der Waals surface area contributed by atoms with Crippen molar-refractivity contribution in [3.8, 4) is 5.75 Å². The van der Waals surface area contributed by atoms with Crippen LogP contribution in [0.15, 0.2) is 83.8 Å². The number of ether oxygens (including phenoxy) is 1. The molecular weight excluding hydrogens is 474 g/mol. The van der Waals surface area contributed by atoms with E-state index in [1.807, 2.05) is 12.1 Å². The average molecular weight is 508 g/mol. The Hall–Kier alpha value is -3.20. The standard InChI is InChI=1S/C28H33N3O4S/c1-21(2)29-36(33,34)26-20-24(14-15-25(26)35-3)28(32)31-18-16-30(17-19-31)27(22-10-6-4-7-11-22)23-12-8-5-9-13-23/h4-15,20-21,27,29H,16-19H2,1-3H3. The van der Waals surface area contributed by atoms with E-state index in [2.05, 4.69) is 58.2 Å². The zero-order valence-electron chi connectivity index (χ0n) is 20.9. The summed E-state index contributed by atoms with van der Waals surface area (Å²) in [7, 11) is -2.41. The molecule has 3 aromatic carbocycles. The van der Waals surface area contributed by atoms with Crippen LogP contribution in [-0.2, 0) is 10.0 Å². The van der Waals surface area contributed by atoms with Crippen molar-refractivity contribution >= 4 is 15.9 Å². The van der Waals surface area contributed by atoms with Crippen molar-refractivity contribution < 1.29 is 17.9 Å². The lowest BCUT2D eigenvalue weighted by Crippen LogP contribution is -2.49. The van der Waals surface area contributed by atoms with Crippen LogP contribution >= 0.6 is 0 Å². The van der Waals surface area contributed by atoms with Crippen molar-refractivity contribution in [3.63, 3.8) is 0 Å². The van der Waals surface area contributed by atoms with Crippen LogP contribution in [0, 0.1) is 0 Å². The minimum Gasteiger partial charge on any atom is -0.495 e. The van der Waals surface area contributed by atoms with Gasteiger partial charge < -0.3 is 9.64 Å². The molecule has 1 amide bonds. The summed E-state index contributed by atoms with van der Waals surface area (Å²) in [6.07, 6.45) is 0. The fourth-order valence-electron chi connectivity index (χ4n) is 4.64. The summed E-state index contributed by atoms with van der Waals surface area (Å²) in [6, 6.07) is 25.2. The molecule has 1 aliphatic rings. The van der Waals surface area contributed by atoms with E-state index in [9.17, 15) is 13.2 Å². The molecule has 1 fully saturated rings. The summed E-state index contributed by atoms with van der Waals surface area (Å²) in [5.74, 6) is 0.0207. The molecule has 36 heavy (non-hydrogen) atoms. The van der Waals surface area contributed by atoms with Crippen LogP contribution in [0.4, 0.5) is 0 Å². The number of hydrogen-bond acceptors (Lipinski definition) is 5. The summed E-state index contributed by atoms with van der Waals surface area (Å²) < 4.78 is 33.5. The lowest BCUT2D eigenvalue weighted by molar-refractivity contribution is 0.0597. The van der Waals surface area contributed by atoms with Crippen molar-refractivity contribution in [1.82, 2.24) is 14.5 Å². The number of hydrogen-bond donors (Lipinski definition) is 1. The van der Waals surface area contributed by atoms with Gasteiger partial charge in [-0.15, -0.1) is 0 Å². The summed E-state index contributed by atoms with van der Waals surface area (Å²) >= 11 is 0. The first-order chi connectivity index (χ1) is 17.3. The van der Waals surface area contributed by atoms with Gasteiger partial charge in [0.05, 0.1) is 13.2 Å². The van der Waals surface area contributed by atoms with E-state index in [1.54, 1.807) is 30.9 Å². The van der Waals surface area contributed by atoms with Crippen LogP contribution in [0.1, 0.15) is 41.4 Å². The Bertz CT molecular complexity index is 1230. The zero-order chi connectivity index (χ0) is 25.7. The van der Waals surface area contributed by atoms with Gasteiger partial charge in [-0.05, 0) is 43.2 Å². The predicted octanol–water partition coefficient (Wildman–Crippen LogP) is 3.93. The molecule has 190 valence electrons. The van der Waals surface area contributed by atoms with E-state index < -0.39 is 10.0 Å². The number of benzene rings is 3. The number of carbonyl (C=O) groups excluding carboxylic acids is 1. The molecule has 0 saturated carbocycles. The minimum atomic E-state index is -3.82. The van der Waals surface area contributed by atoms with Gasteiger partial charge >= 0.3 is 0 Å². The smallest absolute Gasteiger partial charge is 0.253 e. The van der Waals surface area contributed by atoms with Crippen LogP contribution in [-0.4, -0.2) is 63.5 Å². The van der Waals surface area contributed by atoms with Crippen LogP contribution in [0.5, 0.6) is 5.75 Å². The van der Waals surface area contributed by atoms with E-state index in [0.717, 1.165) is 0 Å². The third-order valence-corrected chi connectivity index (χ3v) is 7.97. The molecule has 7 nitrogen and oxygen atoms in total. The molecule has 0 aromatic heterocycles. The van der Waals surface area contributed by atoms with Crippen molar-refractivity contribution in [2.45, 2.75) is 30.8 Å². The molecule has 4 rings (SSSR count). The molecular formula is C28H33N3O4S. The average Bonchev–Trinajstić information content (AvgIpc) is 2.89. The van der Waals surface area contributed by atoms with E-state index in [4.69, 9.17) is 4.74 Å². The van der Waals surface area contributed by atoms with Crippen molar-refractivity contribution in [2.24, 2.45) is 0 Å². The molecule has 0 bridgehead atoms. The van der Waals surface area contributed by atoms with Gasteiger partial charge in [0.15, 0.2) is 0 Å². The van der Waals surface area contributed by atoms with Gasteiger partial charge in [-0.25, -0.2) is 13.1 Å². The Morgan fingerprint density at radius 3 is 1.92 bits per heavy atom. The van der Waals surface area contributed by atoms with Crippen LogP contribution in [0.2, 0.25) is 0 Å². The highest BCUT2D eigenvalue weighted by molar-refractivity contribution is 7.89. The monoisotopic (exact) mass is 507 g/mol. The summed E-state index contributed by atoms with van der Waals surface area (Å²) in [5, 5.41) is 0. The topological polar surface area (TPSA) is 79.0 Å². The molecule has 0 atom stereocenters. The minimum absolute atomic E-state index is 0.0311. The summed E-state index contributed by atoms with van der Waals surface area (Å²) in [4.78, 5) is 17.5. The van der Waals surface area contributed by atoms with Crippen molar-refractivity contribution in [2.75, 3.05) is 33.3 Å². The lowest BCUT2D eigenvalue weighted by Gasteiger charge is -2.39. The van der Waals surface area contributed by atoms with Gasteiger partial charge in [-0.2, -0.15) is 0 Å². The molecule has 0 radical (unpaired) electrons. The highest BCUT2D eigenvalue weighted by Crippen LogP contribution is 2.30. The fraction of sp³-hybridized carbons (Fsp3) is 0.321. The number of nitrogens with one attached hydrogen (secondary N) is 1. The Kier molecular flexibility index (Phi) is 8.08. The molecule has 1 heterocycles. The summed E-state index contributed by atoms with van der Waals surface area (Å²) in [5.41, 5.74) is 2.76. The molecule has 0 spiro atoms. The Balaban J connectivity index is 1.53. The summed E-state index contributed by atoms with van der Waals surface area (Å²) in [6.45, 7) is 6.00. The van der Waals surface area contributed by atoms with Gasteiger partial charge in [-0.3, -0.25) is 9.69 Å². The largest absolute Gasteiger partial charge is 0.495 e. The third-order valence-electron chi connectivity index (χ3n) is 6.29. The van der Waals surface area contributed by atoms with E-state index in [0.29, 0.717) is 31.7 Å². The predicted molar refractivity (Wildman–Crippen MR) is 141 cm³/mol. The normalized spacial score (nSPS) is 14.9. The number of piperazine rings is 1. The number of nitrogens with zero attached hydrogens (tertiary/aromatic N) is 2. The lowest BCUT2D eigenvalue weighted by atomic mass is 9.96. The maximum atomic E-state index is 13.4. The fourth-order valence-corrected chi connectivity index (χ4v) is 6.09. The van der Waals surface area contributed by atoms with Gasteiger partial charge in [-0.1, -0.05) is 60.7 Å². The van der Waals surface area contributed by atoms with Gasteiger partial charge in [0.25, 0.3) is 5.91 Å². The molecule has 0 aliphatic carbocycles. The molecule has 1 N–H and O–H groups in total. The molecule has 3 aromatic rings.